The number of nitrogens with one attached hydrogen (secondary N) is 1. The predicted octanol–water partition coefficient (Wildman–Crippen LogP) is 2.52. The molecule has 1 unspecified atom stereocenters. The van der Waals surface area contributed by atoms with Gasteiger partial charge in [0.15, 0.2) is 0 Å². The lowest BCUT2D eigenvalue weighted by molar-refractivity contribution is -0.143. The van der Waals surface area contributed by atoms with Crippen LogP contribution in [-0.4, -0.2) is 19.6 Å². The number of hydrogen-bond donors (Lipinski definition) is 1. The topological polar surface area (TPSA) is 38.3 Å². The average molecular weight is 235 g/mol. The SMILES string of the molecule is CCCNC(C(=O)OC)c1cc(C)ccc1C. The van der Waals surface area contributed by atoms with Crippen LogP contribution < -0.4 is 5.32 Å². The van der Waals surface area contributed by atoms with E-state index in [1.807, 2.05) is 32.0 Å². The second-order valence-electron chi connectivity index (χ2n) is 4.27. The van der Waals surface area contributed by atoms with Crippen molar-refractivity contribution in [1.82, 2.24) is 5.32 Å². The van der Waals surface area contributed by atoms with Crippen LogP contribution in [0.3, 0.4) is 0 Å². The van der Waals surface area contributed by atoms with Gasteiger partial charge >= 0.3 is 5.97 Å². The molecule has 0 radical (unpaired) electrons. The molecule has 0 spiro atoms. The molecule has 3 nitrogen and oxygen atoms in total. The second kappa shape index (κ2) is 6.40. The Morgan fingerprint density at radius 2 is 2.12 bits per heavy atom. The molecule has 0 saturated carbocycles. The van der Waals surface area contributed by atoms with Gasteiger partial charge in [-0.3, -0.25) is 0 Å². The molecule has 1 atom stereocenters. The highest BCUT2D eigenvalue weighted by atomic mass is 16.5. The predicted molar refractivity (Wildman–Crippen MR) is 69.0 cm³/mol. The molecule has 1 aromatic rings. The molecule has 94 valence electrons. The van der Waals surface area contributed by atoms with E-state index < -0.39 is 0 Å². The van der Waals surface area contributed by atoms with E-state index >= 15 is 0 Å². The number of rotatable bonds is 5. The Bertz CT molecular complexity index is 388. The van der Waals surface area contributed by atoms with E-state index in [1.54, 1.807) is 0 Å². The van der Waals surface area contributed by atoms with Crippen LogP contribution in [0.15, 0.2) is 18.2 Å². The molecule has 1 N–H and O–H groups in total. The third-order valence-corrected chi connectivity index (χ3v) is 2.78. The van der Waals surface area contributed by atoms with E-state index in [0.29, 0.717) is 0 Å². The van der Waals surface area contributed by atoms with Crippen molar-refractivity contribution in [3.05, 3.63) is 34.9 Å². The third-order valence-electron chi connectivity index (χ3n) is 2.78. The van der Waals surface area contributed by atoms with Crippen molar-refractivity contribution in [2.75, 3.05) is 13.7 Å². The summed E-state index contributed by atoms with van der Waals surface area (Å²) < 4.78 is 4.86. The molecule has 0 aromatic heterocycles. The number of esters is 1. The van der Waals surface area contributed by atoms with Crippen LogP contribution in [0.25, 0.3) is 0 Å². The quantitative estimate of drug-likeness (QED) is 0.797. The highest BCUT2D eigenvalue weighted by Gasteiger charge is 2.22. The zero-order valence-corrected chi connectivity index (χ0v) is 11.0. The minimum Gasteiger partial charge on any atom is -0.468 e. The van der Waals surface area contributed by atoms with Crippen molar-refractivity contribution in [3.8, 4) is 0 Å². The fourth-order valence-electron chi connectivity index (χ4n) is 1.80. The van der Waals surface area contributed by atoms with E-state index in [2.05, 4.69) is 12.2 Å². The molecule has 0 heterocycles. The maximum Gasteiger partial charge on any atom is 0.327 e. The molecule has 1 rings (SSSR count). The third kappa shape index (κ3) is 3.56. The van der Waals surface area contributed by atoms with E-state index in [4.69, 9.17) is 4.74 Å². The van der Waals surface area contributed by atoms with Gasteiger partial charge in [0.05, 0.1) is 7.11 Å². The number of methoxy groups -OCH3 is 1. The van der Waals surface area contributed by atoms with Crippen molar-refractivity contribution in [2.45, 2.75) is 33.2 Å². The van der Waals surface area contributed by atoms with Gasteiger partial charge in [0.2, 0.25) is 0 Å². The first-order chi connectivity index (χ1) is 8.10. The summed E-state index contributed by atoms with van der Waals surface area (Å²) >= 11 is 0. The Balaban J connectivity index is 3.02. The van der Waals surface area contributed by atoms with Gasteiger partial charge in [-0.25, -0.2) is 4.79 Å². The molecule has 0 fully saturated rings. The number of carbonyl (C=O) groups excluding carboxylic acids is 1. The highest BCUT2D eigenvalue weighted by molar-refractivity contribution is 5.78. The zero-order valence-electron chi connectivity index (χ0n) is 11.0. The summed E-state index contributed by atoms with van der Waals surface area (Å²) in [5, 5.41) is 3.23. The number of hydrogen-bond acceptors (Lipinski definition) is 3. The first kappa shape index (κ1) is 13.7. The summed E-state index contributed by atoms with van der Waals surface area (Å²) in [6, 6.07) is 5.76. The number of carbonyl (C=O) groups is 1. The lowest BCUT2D eigenvalue weighted by Crippen LogP contribution is -2.30. The van der Waals surface area contributed by atoms with Gasteiger partial charge in [-0.15, -0.1) is 0 Å². The summed E-state index contributed by atoms with van der Waals surface area (Å²) in [7, 11) is 1.42. The second-order valence-corrected chi connectivity index (χ2v) is 4.27. The summed E-state index contributed by atoms with van der Waals surface area (Å²) in [4.78, 5) is 11.8. The smallest absolute Gasteiger partial charge is 0.327 e. The first-order valence-electron chi connectivity index (χ1n) is 5.98. The molecule has 0 saturated heterocycles. The fourth-order valence-corrected chi connectivity index (χ4v) is 1.80. The normalized spacial score (nSPS) is 12.2. The highest BCUT2D eigenvalue weighted by Crippen LogP contribution is 2.20. The summed E-state index contributed by atoms with van der Waals surface area (Å²) in [6.07, 6.45) is 0.984. The van der Waals surface area contributed by atoms with Crippen LogP contribution in [0.2, 0.25) is 0 Å². The number of ether oxygens (including phenoxy) is 1. The molecule has 17 heavy (non-hydrogen) atoms. The zero-order chi connectivity index (χ0) is 12.8. The van der Waals surface area contributed by atoms with E-state index in [1.165, 1.54) is 7.11 Å². The van der Waals surface area contributed by atoms with Crippen molar-refractivity contribution >= 4 is 5.97 Å². The standard InChI is InChI=1S/C14H21NO2/c1-5-8-15-13(14(16)17-4)12-9-10(2)6-7-11(12)3/h6-7,9,13,15H,5,8H2,1-4H3. The van der Waals surface area contributed by atoms with Crippen LogP contribution in [0.4, 0.5) is 0 Å². The maximum absolute atomic E-state index is 11.8. The molecule has 0 bridgehead atoms. The maximum atomic E-state index is 11.8. The molecule has 0 aliphatic rings. The first-order valence-corrected chi connectivity index (χ1v) is 5.98. The average Bonchev–Trinajstić information content (AvgIpc) is 2.33. The van der Waals surface area contributed by atoms with Crippen molar-refractivity contribution in [3.63, 3.8) is 0 Å². The van der Waals surface area contributed by atoms with Crippen molar-refractivity contribution in [2.24, 2.45) is 0 Å². The van der Waals surface area contributed by atoms with Crippen LogP contribution in [0.1, 0.15) is 36.1 Å². The molecule has 0 aliphatic heterocycles. The van der Waals surface area contributed by atoms with Crippen LogP contribution >= 0.6 is 0 Å². The fraction of sp³-hybridized carbons (Fsp3) is 0.500. The monoisotopic (exact) mass is 235 g/mol. The van der Waals surface area contributed by atoms with E-state index in [0.717, 1.165) is 29.7 Å². The molecule has 1 aromatic carbocycles. The molecule has 0 aliphatic carbocycles. The van der Waals surface area contributed by atoms with Crippen LogP contribution in [-0.2, 0) is 9.53 Å². The van der Waals surface area contributed by atoms with E-state index in [9.17, 15) is 4.79 Å². The minimum absolute atomic E-state index is 0.229. The minimum atomic E-state index is -0.361. The van der Waals surface area contributed by atoms with Gasteiger partial charge in [0.25, 0.3) is 0 Å². The van der Waals surface area contributed by atoms with Crippen LogP contribution in [0, 0.1) is 13.8 Å². The van der Waals surface area contributed by atoms with Gasteiger partial charge in [0.1, 0.15) is 6.04 Å². The molecule has 3 heteroatoms. The lowest BCUT2D eigenvalue weighted by atomic mass is 9.99. The van der Waals surface area contributed by atoms with Gasteiger partial charge in [-0.05, 0) is 37.9 Å². The largest absolute Gasteiger partial charge is 0.468 e. The van der Waals surface area contributed by atoms with Gasteiger partial charge in [0, 0.05) is 0 Å². The van der Waals surface area contributed by atoms with Crippen molar-refractivity contribution < 1.29 is 9.53 Å². The number of aryl methyl sites for hydroxylation is 2. The van der Waals surface area contributed by atoms with Gasteiger partial charge in [-0.1, -0.05) is 30.7 Å². The summed E-state index contributed by atoms with van der Waals surface area (Å²) in [5.41, 5.74) is 3.26. The van der Waals surface area contributed by atoms with Crippen LogP contribution in [0.5, 0.6) is 0 Å². The Kier molecular flexibility index (Phi) is 5.16. The molecule has 0 amide bonds. The van der Waals surface area contributed by atoms with E-state index in [-0.39, 0.29) is 12.0 Å². The Hall–Kier alpha value is -1.35. The van der Waals surface area contributed by atoms with Crippen molar-refractivity contribution in [1.29, 1.82) is 0 Å². The summed E-state index contributed by atoms with van der Waals surface area (Å²) in [6.45, 7) is 6.91. The summed E-state index contributed by atoms with van der Waals surface area (Å²) in [5.74, 6) is -0.229. The Morgan fingerprint density at radius 3 is 2.71 bits per heavy atom. The van der Waals surface area contributed by atoms with Gasteiger partial charge in [-0.2, -0.15) is 0 Å². The molecular weight excluding hydrogens is 214 g/mol. The van der Waals surface area contributed by atoms with Gasteiger partial charge < -0.3 is 10.1 Å². The number of benzene rings is 1. The lowest BCUT2D eigenvalue weighted by Gasteiger charge is -2.19. The Labute approximate surface area is 103 Å². The molecular formula is C14H21NO2. The Morgan fingerprint density at radius 1 is 1.41 bits per heavy atom.